The van der Waals surface area contributed by atoms with Crippen molar-refractivity contribution in [3.63, 3.8) is 0 Å². The Morgan fingerprint density at radius 1 is 1.07 bits per heavy atom. The number of rotatable bonds is 6. The number of hydrogen-bond donors (Lipinski definition) is 0. The molecule has 0 spiro atoms. The van der Waals surface area contributed by atoms with Crippen LogP contribution in [0.3, 0.4) is 0 Å². The Kier molecular flexibility index (Phi) is 4.50. The second-order valence-electron chi connectivity index (χ2n) is 3.40. The third kappa shape index (κ3) is 3.77. The van der Waals surface area contributed by atoms with Gasteiger partial charge in [-0.1, -0.05) is 12.2 Å². The molecule has 1 aliphatic rings. The van der Waals surface area contributed by atoms with Crippen LogP contribution in [0, 0.1) is 0 Å². The molecular formula is C10H16O4S. The lowest BCUT2D eigenvalue weighted by Gasteiger charge is -2.17. The molecule has 5 heteroatoms. The van der Waals surface area contributed by atoms with Crippen molar-refractivity contribution < 1.29 is 17.9 Å². The van der Waals surface area contributed by atoms with E-state index in [-0.39, 0.29) is 23.7 Å². The van der Waals surface area contributed by atoms with E-state index in [1.807, 2.05) is 0 Å². The molecule has 0 aromatic heterocycles. The lowest BCUT2D eigenvalue weighted by atomic mass is 10.2. The molecule has 1 heterocycles. The second-order valence-corrected chi connectivity index (χ2v) is 5.55. The largest absolute Gasteiger partial charge is 0.370 e. The van der Waals surface area contributed by atoms with Gasteiger partial charge in [0.1, 0.15) is 0 Å². The standard InChI is InChI=1S/C10H16O4S/c1-3-5-13-9-7-15(11,12)8-10(9)14-6-4-2/h3-4,9-10H,1-2,5-8H2/t9-,10-/m0/s1. The molecule has 0 unspecified atom stereocenters. The molecule has 0 aromatic rings. The molecule has 0 N–H and O–H groups in total. The van der Waals surface area contributed by atoms with Crippen LogP contribution < -0.4 is 0 Å². The van der Waals surface area contributed by atoms with Crippen molar-refractivity contribution in [2.75, 3.05) is 24.7 Å². The molecule has 4 nitrogen and oxygen atoms in total. The first-order valence-electron chi connectivity index (χ1n) is 4.74. The highest BCUT2D eigenvalue weighted by Gasteiger charge is 2.38. The summed E-state index contributed by atoms with van der Waals surface area (Å²) < 4.78 is 33.4. The van der Waals surface area contributed by atoms with Gasteiger partial charge in [0.15, 0.2) is 9.84 Å². The molecule has 0 saturated carbocycles. The minimum atomic E-state index is -3.02. The summed E-state index contributed by atoms with van der Waals surface area (Å²) in [6, 6.07) is 0. The Morgan fingerprint density at radius 2 is 1.47 bits per heavy atom. The lowest BCUT2D eigenvalue weighted by molar-refractivity contribution is -0.0293. The van der Waals surface area contributed by atoms with Gasteiger partial charge in [0, 0.05) is 0 Å². The summed E-state index contributed by atoms with van der Waals surface area (Å²) >= 11 is 0. The fraction of sp³-hybridized carbons (Fsp3) is 0.600. The maximum atomic E-state index is 11.4. The molecule has 86 valence electrons. The van der Waals surface area contributed by atoms with Gasteiger partial charge in [-0.25, -0.2) is 8.42 Å². The third-order valence-corrected chi connectivity index (χ3v) is 3.78. The first-order chi connectivity index (χ1) is 7.09. The molecular weight excluding hydrogens is 216 g/mol. The zero-order chi connectivity index (χ0) is 11.3. The van der Waals surface area contributed by atoms with Crippen molar-refractivity contribution in [3.05, 3.63) is 25.3 Å². The van der Waals surface area contributed by atoms with Crippen LogP contribution >= 0.6 is 0 Å². The second kappa shape index (κ2) is 5.44. The summed E-state index contributed by atoms with van der Waals surface area (Å²) in [6.45, 7) is 7.71. The molecule has 1 rings (SSSR count). The third-order valence-electron chi connectivity index (χ3n) is 2.11. The van der Waals surface area contributed by atoms with Crippen LogP contribution in [0.25, 0.3) is 0 Å². The Balaban J connectivity index is 2.56. The summed E-state index contributed by atoms with van der Waals surface area (Å²) in [5.74, 6) is 0.0608. The zero-order valence-electron chi connectivity index (χ0n) is 8.59. The Labute approximate surface area is 90.5 Å². The summed E-state index contributed by atoms with van der Waals surface area (Å²) in [7, 11) is -3.02. The Hall–Kier alpha value is -0.650. The summed E-state index contributed by atoms with van der Waals surface area (Å²) in [5.41, 5.74) is 0. The molecule has 15 heavy (non-hydrogen) atoms. The predicted molar refractivity (Wildman–Crippen MR) is 58.5 cm³/mol. The minimum Gasteiger partial charge on any atom is -0.370 e. The molecule has 0 amide bonds. The average Bonchev–Trinajstić information content (AvgIpc) is 2.47. The molecule has 0 aromatic carbocycles. The highest BCUT2D eigenvalue weighted by Crippen LogP contribution is 2.19. The highest BCUT2D eigenvalue weighted by atomic mass is 32.2. The number of ether oxygens (including phenoxy) is 2. The number of hydrogen-bond acceptors (Lipinski definition) is 4. The fourth-order valence-electron chi connectivity index (χ4n) is 1.48. The molecule has 0 radical (unpaired) electrons. The van der Waals surface area contributed by atoms with Crippen LogP contribution in [0.15, 0.2) is 25.3 Å². The Bertz CT molecular complexity index is 294. The van der Waals surface area contributed by atoms with E-state index in [0.717, 1.165) is 0 Å². The molecule has 2 atom stereocenters. The van der Waals surface area contributed by atoms with E-state index < -0.39 is 9.84 Å². The van der Waals surface area contributed by atoms with E-state index in [2.05, 4.69) is 13.2 Å². The minimum absolute atomic E-state index is 0.0304. The van der Waals surface area contributed by atoms with Crippen molar-refractivity contribution in [1.82, 2.24) is 0 Å². The normalized spacial score (nSPS) is 28.8. The summed E-state index contributed by atoms with van der Waals surface area (Å²) in [5, 5.41) is 0. The van der Waals surface area contributed by atoms with E-state index in [1.165, 1.54) is 0 Å². The lowest BCUT2D eigenvalue weighted by Crippen LogP contribution is -2.30. The smallest absolute Gasteiger partial charge is 0.155 e. The molecule has 0 aliphatic carbocycles. The topological polar surface area (TPSA) is 52.6 Å². The van der Waals surface area contributed by atoms with Crippen molar-refractivity contribution in [1.29, 1.82) is 0 Å². The number of sulfone groups is 1. The SMILES string of the molecule is C=CCO[C@H]1CS(=O)(=O)C[C@@H]1OCC=C. The van der Waals surface area contributed by atoms with Gasteiger partial charge in [0.05, 0.1) is 36.9 Å². The maximum Gasteiger partial charge on any atom is 0.155 e. The van der Waals surface area contributed by atoms with Crippen LogP contribution in [-0.2, 0) is 19.3 Å². The quantitative estimate of drug-likeness (QED) is 0.628. The van der Waals surface area contributed by atoms with Crippen molar-refractivity contribution in [2.24, 2.45) is 0 Å². The van der Waals surface area contributed by atoms with Gasteiger partial charge < -0.3 is 9.47 Å². The van der Waals surface area contributed by atoms with E-state index >= 15 is 0 Å². The first-order valence-corrected chi connectivity index (χ1v) is 6.56. The van der Waals surface area contributed by atoms with E-state index in [4.69, 9.17) is 9.47 Å². The van der Waals surface area contributed by atoms with Crippen LogP contribution in [0.4, 0.5) is 0 Å². The Morgan fingerprint density at radius 3 is 1.80 bits per heavy atom. The molecule has 1 aliphatic heterocycles. The van der Waals surface area contributed by atoms with Crippen LogP contribution in [0.1, 0.15) is 0 Å². The zero-order valence-corrected chi connectivity index (χ0v) is 9.41. The monoisotopic (exact) mass is 232 g/mol. The maximum absolute atomic E-state index is 11.4. The van der Waals surface area contributed by atoms with Gasteiger partial charge in [0.2, 0.25) is 0 Å². The fourth-order valence-corrected chi connectivity index (χ4v) is 3.24. The van der Waals surface area contributed by atoms with Gasteiger partial charge in [-0.2, -0.15) is 0 Å². The van der Waals surface area contributed by atoms with E-state index in [0.29, 0.717) is 13.2 Å². The molecule has 1 saturated heterocycles. The van der Waals surface area contributed by atoms with E-state index in [1.54, 1.807) is 12.2 Å². The summed E-state index contributed by atoms with van der Waals surface area (Å²) in [6.07, 6.45) is 2.42. The first kappa shape index (κ1) is 12.4. The van der Waals surface area contributed by atoms with Crippen LogP contribution in [0.5, 0.6) is 0 Å². The van der Waals surface area contributed by atoms with Gasteiger partial charge in [0.25, 0.3) is 0 Å². The van der Waals surface area contributed by atoms with E-state index in [9.17, 15) is 8.42 Å². The molecule has 0 bridgehead atoms. The van der Waals surface area contributed by atoms with Crippen LogP contribution in [0.2, 0.25) is 0 Å². The van der Waals surface area contributed by atoms with Crippen molar-refractivity contribution in [2.45, 2.75) is 12.2 Å². The van der Waals surface area contributed by atoms with Gasteiger partial charge in [-0.3, -0.25) is 0 Å². The van der Waals surface area contributed by atoms with Gasteiger partial charge >= 0.3 is 0 Å². The summed E-state index contributed by atoms with van der Waals surface area (Å²) in [4.78, 5) is 0. The van der Waals surface area contributed by atoms with Gasteiger partial charge in [-0.05, 0) is 0 Å². The van der Waals surface area contributed by atoms with Crippen molar-refractivity contribution in [3.8, 4) is 0 Å². The van der Waals surface area contributed by atoms with Crippen LogP contribution in [-0.4, -0.2) is 45.3 Å². The highest BCUT2D eigenvalue weighted by molar-refractivity contribution is 7.91. The van der Waals surface area contributed by atoms with Crippen molar-refractivity contribution >= 4 is 9.84 Å². The average molecular weight is 232 g/mol. The molecule has 1 fully saturated rings. The predicted octanol–water partition coefficient (Wildman–Crippen LogP) is 0.557. The van der Waals surface area contributed by atoms with Gasteiger partial charge in [-0.15, -0.1) is 13.2 Å².